The Hall–Kier alpha value is -3.36. The van der Waals surface area contributed by atoms with Crippen molar-refractivity contribution < 1.29 is 29.2 Å². The van der Waals surface area contributed by atoms with Gasteiger partial charge in [0.2, 0.25) is 11.8 Å². The minimum absolute atomic E-state index is 0.214. The topological polar surface area (TPSA) is 135 Å². The van der Waals surface area contributed by atoms with Crippen LogP contribution in [0.3, 0.4) is 0 Å². The zero-order chi connectivity index (χ0) is 24.5. The molecule has 2 aliphatic heterocycles. The van der Waals surface area contributed by atoms with E-state index in [9.17, 15) is 19.6 Å². The van der Waals surface area contributed by atoms with Crippen LogP contribution >= 0.6 is 0 Å². The first-order valence-corrected chi connectivity index (χ1v) is 11.3. The summed E-state index contributed by atoms with van der Waals surface area (Å²) in [5.74, 6) is -1.86. The molecule has 1 spiro atoms. The molecule has 0 aromatic heterocycles. The molecule has 11 heteroatoms. The van der Waals surface area contributed by atoms with Gasteiger partial charge in [0, 0.05) is 38.4 Å². The molecule has 34 heavy (non-hydrogen) atoms. The van der Waals surface area contributed by atoms with Crippen molar-refractivity contribution in [1.29, 1.82) is 5.26 Å². The molecule has 3 aliphatic rings. The lowest BCUT2D eigenvalue weighted by Crippen LogP contribution is -2.62. The lowest BCUT2D eigenvalue weighted by molar-refractivity contribution is -0.203. The zero-order valence-electron chi connectivity index (χ0n) is 19.3. The Balaban J connectivity index is 1.50. The number of piperazine rings is 1. The molecule has 1 aliphatic carbocycles. The zero-order valence-corrected chi connectivity index (χ0v) is 19.3. The molecule has 2 unspecified atom stereocenters. The number of carbonyl (C=O) groups is 3. The van der Waals surface area contributed by atoms with Crippen LogP contribution in [-0.2, 0) is 19.2 Å². The summed E-state index contributed by atoms with van der Waals surface area (Å²) >= 11 is 0. The van der Waals surface area contributed by atoms with E-state index in [4.69, 9.17) is 10.1 Å². The first-order valence-electron chi connectivity index (χ1n) is 11.3. The number of nitrogens with zero attached hydrogens (tertiary/aromatic N) is 4. The average Bonchev–Trinajstić information content (AvgIpc) is 3.60. The summed E-state index contributed by atoms with van der Waals surface area (Å²) in [5, 5.41) is 19.7. The molecule has 182 valence electrons. The summed E-state index contributed by atoms with van der Waals surface area (Å²) in [6, 6.07) is 6.60. The van der Waals surface area contributed by atoms with Crippen LogP contribution in [0.1, 0.15) is 30.4 Å². The van der Waals surface area contributed by atoms with Crippen molar-refractivity contribution in [3.63, 3.8) is 0 Å². The lowest BCUT2D eigenvalue weighted by atomic mass is 9.81. The molecule has 1 aromatic carbocycles. The third-order valence-electron chi connectivity index (χ3n) is 7.11. The molecular weight excluding hydrogens is 442 g/mol. The van der Waals surface area contributed by atoms with Gasteiger partial charge < -0.3 is 19.4 Å². The number of methoxy groups -OCH3 is 1. The molecule has 1 aromatic rings. The van der Waals surface area contributed by atoms with Gasteiger partial charge in [-0.1, -0.05) is 0 Å². The number of benzene rings is 1. The fourth-order valence-electron chi connectivity index (χ4n) is 5.08. The van der Waals surface area contributed by atoms with E-state index in [1.807, 2.05) is 19.1 Å². The number of carbonyl (C=O) groups excluding carboxylic acids is 3. The normalized spacial score (nSPS) is 23.7. The highest BCUT2D eigenvalue weighted by atomic mass is 16.8. The predicted octanol–water partition coefficient (Wildman–Crippen LogP) is 1.19. The fraction of sp³-hybridized carbons (Fsp3) is 0.565. The molecule has 11 nitrogen and oxygen atoms in total. The van der Waals surface area contributed by atoms with E-state index in [0.29, 0.717) is 44.7 Å². The number of hydrogen-bond donors (Lipinski definition) is 2. The fourth-order valence-corrected chi connectivity index (χ4v) is 5.08. The number of piperidine rings is 1. The lowest BCUT2D eigenvalue weighted by Gasteiger charge is -2.44. The molecule has 4 rings (SSSR count). The average molecular weight is 472 g/mol. The highest BCUT2D eigenvalue weighted by Gasteiger charge is 2.57. The van der Waals surface area contributed by atoms with Gasteiger partial charge in [-0.3, -0.25) is 14.8 Å². The van der Waals surface area contributed by atoms with Gasteiger partial charge >= 0.3 is 6.16 Å². The van der Waals surface area contributed by atoms with E-state index in [1.165, 1.54) is 12.2 Å². The third kappa shape index (κ3) is 4.64. The first kappa shape index (κ1) is 23.8. The summed E-state index contributed by atoms with van der Waals surface area (Å²) in [7, 11) is 1.18. The maximum absolute atomic E-state index is 13.6. The van der Waals surface area contributed by atoms with Gasteiger partial charge in [-0.25, -0.2) is 10.3 Å². The van der Waals surface area contributed by atoms with Crippen molar-refractivity contribution in [2.45, 2.75) is 32.2 Å². The van der Waals surface area contributed by atoms with E-state index in [0.717, 1.165) is 24.1 Å². The van der Waals surface area contributed by atoms with Crippen LogP contribution in [0.25, 0.3) is 0 Å². The minimum Gasteiger partial charge on any atom is -0.436 e. The molecule has 2 saturated heterocycles. The van der Waals surface area contributed by atoms with Gasteiger partial charge in [0.15, 0.2) is 0 Å². The number of hydroxylamine groups is 3. The summed E-state index contributed by atoms with van der Waals surface area (Å²) in [6.07, 6.45) is 1.18. The number of aryl methyl sites for hydroxylation is 1. The summed E-state index contributed by atoms with van der Waals surface area (Å²) in [6.45, 7) is 4.26. The van der Waals surface area contributed by atoms with E-state index >= 15 is 0 Å². The van der Waals surface area contributed by atoms with Crippen molar-refractivity contribution in [2.24, 2.45) is 11.3 Å². The SMILES string of the molecule is COC(=O)ON1CC2(CC2)CC(C(=O)NO)C1C(=O)N1CCN(c2ccc(C#N)cc2C)CC1. The smallest absolute Gasteiger partial charge is 0.436 e. The highest BCUT2D eigenvalue weighted by Crippen LogP contribution is 2.55. The van der Waals surface area contributed by atoms with Gasteiger partial charge in [0.25, 0.3) is 0 Å². The molecule has 0 bridgehead atoms. The summed E-state index contributed by atoms with van der Waals surface area (Å²) < 4.78 is 4.62. The monoisotopic (exact) mass is 471 g/mol. The number of amides is 2. The quantitative estimate of drug-likeness (QED) is 0.377. The van der Waals surface area contributed by atoms with E-state index < -0.39 is 24.0 Å². The largest absolute Gasteiger partial charge is 0.527 e. The van der Waals surface area contributed by atoms with E-state index in [1.54, 1.807) is 16.4 Å². The Morgan fingerprint density at radius 3 is 2.47 bits per heavy atom. The number of anilines is 1. The van der Waals surface area contributed by atoms with E-state index in [2.05, 4.69) is 15.7 Å². The number of ether oxygens (including phenoxy) is 1. The number of nitrogens with one attached hydrogen (secondary N) is 1. The van der Waals surface area contributed by atoms with Crippen LogP contribution in [0.4, 0.5) is 10.5 Å². The second kappa shape index (κ2) is 9.48. The second-order valence-corrected chi connectivity index (χ2v) is 9.28. The Morgan fingerprint density at radius 2 is 1.91 bits per heavy atom. The highest BCUT2D eigenvalue weighted by molar-refractivity contribution is 5.90. The molecule has 2 N–H and O–H groups in total. The van der Waals surface area contributed by atoms with Crippen LogP contribution in [0.5, 0.6) is 0 Å². The Labute approximate surface area is 197 Å². The van der Waals surface area contributed by atoms with Gasteiger partial charge in [0.1, 0.15) is 6.04 Å². The third-order valence-corrected chi connectivity index (χ3v) is 7.11. The minimum atomic E-state index is -1.05. The van der Waals surface area contributed by atoms with Crippen LogP contribution in [-0.4, -0.2) is 79.0 Å². The van der Waals surface area contributed by atoms with Gasteiger partial charge in [-0.15, -0.1) is 5.06 Å². The second-order valence-electron chi connectivity index (χ2n) is 9.28. The van der Waals surface area contributed by atoms with E-state index in [-0.39, 0.29) is 11.3 Å². The molecule has 2 atom stereocenters. The van der Waals surface area contributed by atoms with Gasteiger partial charge in [-0.2, -0.15) is 5.26 Å². The molecule has 3 fully saturated rings. The van der Waals surface area contributed by atoms with Crippen molar-refractivity contribution in [1.82, 2.24) is 15.4 Å². The van der Waals surface area contributed by atoms with Crippen molar-refractivity contribution in [3.05, 3.63) is 29.3 Å². The standard InChI is InChI=1S/C23H29N5O6/c1-15-11-16(13-24)3-4-18(15)26-7-9-27(10-8-26)21(30)19-17(20(29)25-32)12-23(5-6-23)14-28(19)34-22(31)33-2/h3-4,11,17,19,32H,5-10,12,14H2,1-2H3,(H,25,29). The molecule has 0 radical (unpaired) electrons. The summed E-state index contributed by atoms with van der Waals surface area (Å²) in [5.41, 5.74) is 4.05. The number of rotatable bonds is 4. The van der Waals surface area contributed by atoms with Crippen molar-refractivity contribution >= 4 is 23.7 Å². The predicted molar refractivity (Wildman–Crippen MR) is 118 cm³/mol. The summed E-state index contributed by atoms with van der Waals surface area (Å²) in [4.78, 5) is 47.2. The molecule has 2 heterocycles. The maximum Gasteiger partial charge on any atom is 0.527 e. The Morgan fingerprint density at radius 1 is 1.21 bits per heavy atom. The number of hydrogen-bond acceptors (Lipinski definition) is 9. The van der Waals surface area contributed by atoms with Crippen LogP contribution in [0.2, 0.25) is 0 Å². The van der Waals surface area contributed by atoms with Crippen LogP contribution in [0.15, 0.2) is 18.2 Å². The van der Waals surface area contributed by atoms with Crippen molar-refractivity contribution in [2.75, 3.05) is 44.7 Å². The Kier molecular flexibility index (Phi) is 6.63. The van der Waals surface area contributed by atoms with Crippen molar-refractivity contribution in [3.8, 4) is 6.07 Å². The van der Waals surface area contributed by atoms with Crippen LogP contribution < -0.4 is 10.4 Å². The molecular formula is C23H29N5O6. The van der Waals surface area contributed by atoms with Gasteiger partial charge in [0.05, 0.1) is 24.7 Å². The van der Waals surface area contributed by atoms with Crippen LogP contribution in [0, 0.1) is 29.6 Å². The Bertz CT molecular complexity index is 1010. The first-order chi connectivity index (χ1) is 16.3. The van der Waals surface area contributed by atoms with Gasteiger partial charge in [-0.05, 0) is 55.4 Å². The number of nitriles is 1. The molecule has 1 saturated carbocycles. The molecule has 2 amide bonds. The maximum atomic E-state index is 13.6.